The van der Waals surface area contributed by atoms with E-state index in [4.69, 9.17) is 0 Å². The second kappa shape index (κ2) is 6.52. The molecule has 0 unspecified atom stereocenters. The van der Waals surface area contributed by atoms with Gasteiger partial charge in [-0.2, -0.15) is 0 Å². The molecule has 2 aromatic heterocycles. The molecule has 1 amide bonds. The minimum absolute atomic E-state index is 0.173. The smallest absolute Gasteiger partial charge is 0.275 e. The highest BCUT2D eigenvalue weighted by atomic mass is 32.1. The van der Waals surface area contributed by atoms with Crippen LogP contribution in [0.4, 0.5) is 11.4 Å². The minimum Gasteiger partial charge on any atom is -0.372 e. The van der Waals surface area contributed by atoms with Gasteiger partial charge in [0.25, 0.3) is 5.91 Å². The number of hydrogen-bond donors (Lipinski definition) is 1. The number of nitrogens with one attached hydrogen (secondary N) is 1. The monoisotopic (exact) mass is 354 g/mol. The number of amides is 1. The number of benzene rings is 1. The SMILES string of the molecule is Cc1cn2cc(C(=O)Nc3ccc(N4CCC(C)CC4)cc3)nc2s1. The zero-order chi connectivity index (χ0) is 17.4. The zero-order valence-corrected chi connectivity index (χ0v) is 15.3. The topological polar surface area (TPSA) is 49.6 Å². The molecule has 1 aromatic carbocycles. The fourth-order valence-electron chi connectivity index (χ4n) is 3.24. The van der Waals surface area contributed by atoms with E-state index in [9.17, 15) is 4.79 Å². The quantitative estimate of drug-likeness (QED) is 0.767. The molecule has 1 aliphatic heterocycles. The number of fused-ring (bicyclic) bond motifs is 1. The Kier molecular flexibility index (Phi) is 4.21. The first kappa shape index (κ1) is 16.1. The predicted octanol–water partition coefficient (Wildman–Crippen LogP) is 4.19. The number of nitrogens with zero attached hydrogens (tertiary/aromatic N) is 3. The number of imidazole rings is 1. The molecule has 3 aromatic rings. The first-order valence-electron chi connectivity index (χ1n) is 8.70. The lowest BCUT2D eigenvalue weighted by Gasteiger charge is -2.32. The normalized spacial score (nSPS) is 15.7. The van der Waals surface area contributed by atoms with Crippen molar-refractivity contribution in [3.63, 3.8) is 0 Å². The van der Waals surface area contributed by atoms with E-state index in [1.807, 2.05) is 29.7 Å². The molecule has 1 saturated heterocycles. The summed E-state index contributed by atoms with van der Waals surface area (Å²) in [7, 11) is 0. The first-order chi connectivity index (χ1) is 12.1. The summed E-state index contributed by atoms with van der Waals surface area (Å²) >= 11 is 1.58. The Hall–Kier alpha value is -2.34. The van der Waals surface area contributed by atoms with E-state index in [-0.39, 0.29) is 5.91 Å². The van der Waals surface area contributed by atoms with Gasteiger partial charge >= 0.3 is 0 Å². The summed E-state index contributed by atoms with van der Waals surface area (Å²) in [5.74, 6) is 0.649. The molecule has 4 rings (SSSR count). The van der Waals surface area contributed by atoms with Crippen molar-refractivity contribution in [3.05, 3.63) is 47.2 Å². The average Bonchev–Trinajstić information content (AvgIpc) is 3.14. The van der Waals surface area contributed by atoms with Gasteiger partial charge in [0, 0.05) is 41.7 Å². The summed E-state index contributed by atoms with van der Waals surface area (Å²) in [6.45, 7) is 6.57. The van der Waals surface area contributed by atoms with Gasteiger partial charge in [0.15, 0.2) is 4.96 Å². The van der Waals surface area contributed by atoms with Crippen LogP contribution >= 0.6 is 11.3 Å². The van der Waals surface area contributed by atoms with Gasteiger partial charge in [-0.05, 0) is 49.9 Å². The average molecular weight is 354 g/mol. The van der Waals surface area contributed by atoms with Crippen LogP contribution in [0.15, 0.2) is 36.7 Å². The number of rotatable bonds is 3. The molecule has 0 aliphatic carbocycles. The van der Waals surface area contributed by atoms with Crippen LogP contribution in [0, 0.1) is 12.8 Å². The largest absolute Gasteiger partial charge is 0.372 e. The summed E-state index contributed by atoms with van der Waals surface area (Å²) < 4.78 is 1.90. The fraction of sp³-hybridized carbons (Fsp3) is 0.368. The Bertz CT molecular complexity index is 856. The number of carbonyl (C=O) groups excluding carboxylic acids is 1. The van der Waals surface area contributed by atoms with Crippen LogP contribution in [0.3, 0.4) is 0 Å². The lowest BCUT2D eigenvalue weighted by atomic mass is 9.99. The van der Waals surface area contributed by atoms with Crippen LogP contribution in [0.2, 0.25) is 0 Å². The molecule has 0 spiro atoms. The first-order valence-corrected chi connectivity index (χ1v) is 9.51. The predicted molar refractivity (Wildman–Crippen MR) is 103 cm³/mol. The van der Waals surface area contributed by atoms with E-state index in [1.165, 1.54) is 23.4 Å². The van der Waals surface area contributed by atoms with E-state index in [0.717, 1.165) is 29.7 Å². The summed E-state index contributed by atoms with van der Waals surface area (Å²) in [5.41, 5.74) is 2.47. The molecule has 130 valence electrons. The lowest BCUT2D eigenvalue weighted by molar-refractivity contribution is 0.102. The van der Waals surface area contributed by atoms with Crippen LogP contribution < -0.4 is 10.2 Å². The van der Waals surface area contributed by atoms with Crippen LogP contribution in [0.25, 0.3) is 4.96 Å². The highest BCUT2D eigenvalue weighted by molar-refractivity contribution is 7.17. The van der Waals surface area contributed by atoms with E-state index >= 15 is 0 Å². The Labute approximate surface area is 151 Å². The lowest BCUT2D eigenvalue weighted by Crippen LogP contribution is -2.32. The molecule has 1 fully saturated rings. The summed E-state index contributed by atoms with van der Waals surface area (Å²) in [4.78, 5) is 21.2. The van der Waals surface area contributed by atoms with Gasteiger partial charge in [-0.1, -0.05) is 6.92 Å². The van der Waals surface area contributed by atoms with Crippen molar-refractivity contribution in [2.24, 2.45) is 5.92 Å². The molecule has 3 heterocycles. The summed E-state index contributed by atoms with van der Waals surface area (Å²) in [6.07, 6.45) is 6.25. The van der Waals surface area contributed by atoms with Gasteiger partial charge in [-0.15, -0.1) is 11.3 Å². The molecule has 6 heteroatoms. The van der Waals surface area contributed by atoms with E-state index in [0.29, 0.717) is 5.69 Å². The molecule has 0 atom stereocenters. The number of hydrogen-bond acceptors (Lipinski definition) is 4. The van der Waals surface area contributed by atoms with Gasteiger partial charge < -0.3 is 10.2 Å². The van der Waals surface area contributed by atoms with Crippen LogP contribution in [0.1, 0.15) is 35.1 Å². The number of aromatic nitrogens is 2. The molecule has 25 heavy (non-hydrogen) atoms. The standard InChI is InChI=1S/C19H22N4OS/c1-13-7-9-22(10-8-13)16-5-3-15(4-6-16)20-18(24)17-12-23-11-14(2)25-19(23)21-17/h3-6,11-13H,7-10H2,1-2H3,(H,20,24). The van der Waals surface area contributed by atoms with Crippen molar-refractivity contribution in [2.45, 2.75) is 26.7 Å². The number of piperidine rings is 1. The fourth-order valence-corrected chi connectivity index (χ4v) is 4.05. The van der Waals surface area contributed by atoms with E-state index < -0.39 is 0 Å². The molecule has 0 bridgehead atoms. The molecule has 0 saturated carbocycles. The van der Waals surface area contributed by atoms with E-state index in [2.05, 4.69) is 34.3 Å². The van der Waals surface area contributed by atoms with Crippen molar-refractivity contribution in [2.75, 3.05) is 23.3 Å². The summed E-state index contributed by atoms with van der Waals surface area (Å²) in [5, 5.41) is 2.93. The number of carbonyl (C=O) groups is 1. The Morgan fingerprint density at radius 1 is 1.20 bits per heavy atom. The number of thiazole rings is 1. The molecule has 5 nitrogen and oxygen atoms in total. The van der Waals surface area contributed by atoms with Crippen LogP contribution in [-0.4, -0.2) is 28.4 Å². The second-order valence-corrected chi connectivity index (χ2v) is 8.04. The van der Waals surface area contributed by atoms with Crippen LogP contribution in [-0.2, 0) is 0 Å². The maximum Gasteiger partial charge on any atom is 0.275 e. The van der Waals surface area contributed by atoms with Gasteiger partial charge in [0.2, 0.25) is 0 Å². The van der Waals surface area contributed by atoms with Crippen molar-refractivity contribution < 1.29 is 4.79 Å². The highest BCUT2D eigenvalue weighted by Gasteiger charge is 2.16. The molecule has 1 N–H and O–H groups in total. The zero-order valence-electron chi connectivity index (χ0n) is 14.5. The van der Waals surface area contributed by atoms with Gasteiger partial charge in [0.05, 0.1) is 0 Å². The number of anilines is 2. The van der Waals surface area contributed by atoms with Gasteiger partial charge in [-0.25, -0.2) is 4.98 Å². The number of aryl methyl sites for hydroxylation is 1. The van der Waals surface area contributed by atoms with E-state index in [1.54, 1.807) is 17.5 Å². The maximum absolute atomic E-state index is 12.4. The minimum atomic E-state index is -0.173. The van der Waals surface area contributed by atoms with Crippen molar-refractivity contribution in [3.8, 4) is 0 Å². The third-order valence-electron chi connectivity index (χ3n) is 4.78. The highest BCUT2D eigenvalue weighted by Crippen LogP contribution is 2.24. The second-order valence-electron chi connectivity index (χ2n) is 6.83. The molecular formula is C19H22N4OS. The van der Waals surface area contributed by atoms with Crippen molar-refractivity contribution >= 4 is 33.6 Å². The molecular weight excluding hydrogens is 332 g/mol. The Morgan fingerprint density at radius 3 is 2.60 bits per heavy atom. The van der Waals surface area contributed by atoms with Crippen molar-refractivity contribution in [1.29, 1.82) is 0 Å². The third-order valence-corrected chi connectivity index (χ3v) is 5.69. The molecule has 0 radical (unpaired) electrons. The van der Waals surface area contributed by atoms with Crippen LogP contribution in [0.5, 0.6) is 0 Å². The van der Waals surface area contributed by atoms with Gasteiger partial charge in [0.1, 0.15) is 5.69 Å². The summed E-state index contributed by atoms with van der Waals surface area (Å²) in [6, 6.07) is 8.10. The Balaban J connectivity index is 1.43. The molecule has 1 aliphatic rings. The maximum atomic E-state index is 12.4. The Morgan fingerprint density at radius 2 is 1.92 bits per heavy atom. The third kappa shape index (κ3) is 3.39. The van der Waals surface area contributed by atoms with Gasteiger partial charge in [-0.3, -0.25) is 9.20 Å². The van der Waals surface area contributed by atoms with Crippen molar-refractivity contribution in [1.82, 2.24) is 9.38 Å².